The van der Waals surface area contributed by atoms with E-state index in [1.165, 1.54) is 30.8 Å². The molecule has 5 aromatic rings. The molecular formula is C37H40FN7O. The number of fused-ring (bicyclic) bond motifs is 3. The van der Waals surface area contributed by atoms with E-state index in [-0.39, 0.29) is 17.1 Å². The predicted molar refractivity (Wildman–Crippen MR) is 175 cm³/mol. The van der Waals surface area contributed by atoms with Crippen LogP contribution in [0, 0.1) is 12.7 Å². The first-order valence-corrected chi connectivity index (χ1v) is 16.7. The maximum atomic E-state index is 14.6. The second-order valence-electron chi connectivity index (χ2n) is 13.5. The molecule has 3 aliphatic rings. The van der Waals surface area contributed by atoms with E-state index in [0.717, 1.165) is 61.2 Å². The van der Waals surface area contributed by atoms with Gasteiger partial charge >= 0.3 is 0 Å². The Balaban J connectivity index is 0.984. The Morgan fingerprint density at radius 2 is 1.72 bits per heavy atom. The van der Waals surface area contributed by atoms with Gasteiger partial charge < -0.3 is 9.47 Å². The fourth-order valence-electron chi connectivity index (χ4n) is 8.74. The molecule has 3 fully saturated rings. The number of aryl methyl sites for hydroxylation is 1. The van der Waals surface area contributed by atoms with Gasteiger partial charge in [0.2, 0.25) is 0 Å². The molecule has 1 unspecified atom stereocenters. The molecule has 0 saturated carbocycles. The summed E-state index contributed by atoms with van der Waals surface area (Å²) in [6.45, 7) is 4.42. The van der Waals surface area contributed by atoms with Crippen LogP contribution in [0.4, 0.5) is 4.39 Å². The first-order valence-electron chi connectivity index (χ1n) is 16.7. The number of likely N-dealkylation sites (tertiary alicyclic amines) is 1. The van der Waals surface area contributed by atoms with Crippen molar-refractivity contribution in [3.05, 3.63) is 108 Å². The lowest BCUT2D eigenvalue weighted by Crippen LogP contribution is -2.49. The molecule has 46 heavy (non-hydrogen) atoms. The van der Waals surface area contributed by atoms with E-state index in [9.17, 15) is 9.18 Å². The van der Waals surface area contributed by atoms with Gasteiger partial charge in [0.05, 0.1) is 16.7 Å². The molecule has 3 aromatic carbocycles. The van der Waals surface area contributed by atoms with Gasteiger partial charge in [0, 0.05) is 36.8 Å². The summed E-state index contributed by atoms with van der Waals surface area (Å²) in [6.07, 6.45) is 10.5. The molecule has 3 saturated heterocycles. The predicted octanol–water partition coefficient (Wildman–Crippen LogP) is 6.50. The molecular weight excluding hydrogens is 577 g/mol. The molecule has 5 heterocycles. The molecule has 8 nitrogen and oxygen atoms in total. The van der Waals surface area contributed by atoms with Gasteiger partial charge in [-0.3, -0.25) is 9.69 Å². The summed E-state index contributed by atoms with van der Waals surface area (Å²) >= 11 is 0. The number of nitrogens with zero attached hydrogens (tertiary/aromatic N) is 7. The Morgan fingerprint density at radius 3 is 2.48 bits per heavy atom. The number of carbonyl (C=O) groups excluding carboxylic acids is 1. The number of hydrogen-bond donors (Lipinski definition) is 0. The van der Waals surface area contributed by atoms with Crippen molar-refractivity contribution in [3.8, 4) is 5.69 Å². The number of amides is 1. The van der Waals surface area contributed by atoms with Crippen molar-refractivity contribution in [2.45, 2.75) is 75.4 Å². The molecule has 3 atom stereocenters. The average Bonchev–Trinajstić information content (AvgIpc) is 3.80. The number of rotatable bonds is 7. The second kappa shape index (κ2) is 11.8. The number of piperidine rings is 2. The summed E-state index contributed by atoms with van der Waals surface area (Å²) in [5.41, 5.74) is 4.68. The third kappa shape index (κ3) is 5.20. The van der Waals surface area contributed by atoms with E-state index in [1.807, 2.05) is 35.2 Å². The number of benzene rings is 3. The molecule has 0 radical (unpaired) electrons. The van der Waals surface area contributed by atoms with E-state index in [0.29, 0.717) is 36.8 Å². The zero-order chi connectivity index (χ0) is 31.3. The van der Waals surface area contributed by atoms with Crippen LogP contribution < -0.4 is 0 Å². The van der Waals surface area contributed by atoms with Gasteiger partial charge in [0.25, 0.3) is 5.91 Å². The number of imidazole rings is 1. The van der Waals surface area contributed by atoms with Gasteiger partial charge in [0.1, 0.15) is 24.3 Å². The third-order valence-corrected chi connectivity index (χ3v) is 11.1. The first kappa shape index (κ1) is 29.1. The molecule has 236 valence electrons. The lowest BCUT2D eigenvalue weighted by Gasteiger charge is -2.45. The average molecular weight is 618 g/mol. The largest absolute Gasteiger partial charge is 0.339 e. The number of halogens is 1. The quantitative estimate of drug-likeness (QED) is 0.209. The molecule has 0 spiro atoms. The van der Waals surface area contributed by atoms with E-state index in [2.05, 4.69) is 56.8 Å². The van der Waals surface area contributed by atoms with Crippen LogP contribution in [-0.2, 0) is 5.41 Å². The molecule has 9 heteroatoms. The van der Waals surface area contributed by atoms with E-state index >= 15 is 0 Å². The van der Waals surface area contributed by atoms with E-state index in [1.54, 1.807) is 17.1 Å². The minimum Gasteiger partial charge on any atom is -0.339 e. The fraction of sp³-hybridized carbons (Fsp3) is 0.405. The normalized spacial score (nSPS) is 22.8. The first-order chi connectivity index (χ1) is 22.5. The molecule has 0 aliphatic carbocycles. The van der Waals surface area contributed by atoms with Gasteiger partial charge in [-0.2, -0.15) is 5.10 Å². The molecule has 1 amide bonds. The lowest BCUT2D eigenvalue weighted by molar-refractivity contribution is 0.0606. The Morgan fingerprint density at radius 1 is 0.935 bits per heavy atom. The maximum Gasteiger partial charge on any atom is 0.253 e. The fourth-order valence-corrected chi connectivity index (χ4v) is 8.74. The highest BCUT2D eigenvalue weighted by Gasteiger charge is 2.44. The molecule has 8 rings (SSSR count). The van der Waals surface area contributed by atoms with Crippen LogP contribution in [0.15, 0.2) is 85.5 Å². The maximum absolute atomic E-state index is 14.6. The molecule has 3 aliphatic heterocycles. The van der Waals surface area contributed by atoms with Crippen LogP contribution in [0.5, 0.6) is 0 Å². The minimum atomic E-state index is -0.191. The topological polar surface area (TPSA) is 72.1 Å². The van der Waals surface area contributed by atoms with E-state index < -0.39 is 0 Å². The van der Waals surface area contributed by atoms with Crippen molar-refractivity contribution < 1.29 is 9.18 Å². The van der Waals surface area contributed by atoms with Gasteiger partial charge in [-0.05, 0) is 112 Å². The summed E-state index contributed by atoms with van der Waals surface area (Å²) in [5, 5.41) is 4.21. The van der Waals surface area contributed by atoms with Crippen LogP contribution in [0.3, 0.4) is 0 Å². The monoisotopic (exact) mass is 617 g/mol. The Labute approximate surface area is 268 Å². The molecule has 2 aromatic heterocycles. The summed E-state index contributed by atoms with van der Waals surface area (Å²) in [4.78, 5) is 27.3. The number of para-hydroxylation sites is 2. The van der Waals surface area contributed by atoms with Crippen LogP contribution >= 0.6 is 0 Å². The molecule has 0 N–H and O–H groups in total. The van der Waals surface area contributed by atoms with Crippen molar-refractivity contribution in [2.75, 3.05) is 19.6 Å². The number of carbonyl (C=O) groups is 1. The minimum absolute atomic E-state index is 0.0252. The van der Waals surface area contributed by atoms with Crippen molar-refractivity contribution in [2.24, 2.45) is 0 Å². The summed E-state index contributed by atoms with van der Waals surface area (Å²) in [5.74, 6) is 0.942. The van der Waals surface area contributed by atoms with Crippen LogP contribution in [-0.4, -0.2) is 71.7 Å². The summed E-state index contributed by atoms with van der Waals surface area (Å²) < 4.78 is 18.8. The van der Waals surface area contributed by atoms with Gasteiger partial charge in [-0.1, -0.05) is 30.3 Å². The van der Waals surface area contributed by atoms with Crippen molar-refractivity contribution >= 4 is 16.9 Å². The highest BCUT2D eigenvalue weighted by atomic mass is 19.1. The highest BCUT2D eigenvalue weighted by Crippen LogP contribution is 2.45. The van der Waals surface area contributed by atoms with Crippen molar-refractivity contribution in [1.82, 2.24) is 34.1 Å². The SMILES string of the molecule is Cc1nc2ccccc2n1C1C[C@H]2CC[C@@H](C1)N2CCC1(c2cccc(F)c2)CCN(C(=O)c2cccc(-n3cncn3)c2)CC1. The van der Waals surface area contributed by atoms with Crippen LogP contribution in [0.25, 0.3) is 16.7 Å². The Kier molecular flexibility index (Phi) is 7.44. The summed E-state index contributed by atoms with van der Waals surface area (Å²) in [6, 6.07) is 24.8. The smallest absolute Gasteiger partial charge is 0.253 e. The van der Waals surface area contributed by atoms with Crippen LogP contribution in [0.1, 0.15) is 72.7 Å². The van der Waals surface area contributed by atoms with Gasteiger partial charge in [-0.15, -0.1) is 0 Å². The van der Waals surface area contributed by atoms with Crippen molar-refractivity contribution in [1.29, 1.82) is 0 Å². The lowest BCUT2D eigenvalue weighted by atomic mass is 9.70. The van der Waals surface area contributed by atoms with Gasteiger partial charge in [-0.25, -0.2) is 19.0 Å². The third-order valence-electron chi connectivity index (χ3n) is 11.1. The second-order valence-corrected chi connectivity index (χ2v) is 13.5. The van der Waals surface area contributed by atoms with E-state index in [4.69, 9.17) is 4.98 Å². The zero-order valence-electron chi connectivity index (χ0n) is 26.3. The Hall–Kier alpha value is -4.37. The van der Waals surface area contributed by atoms with Crippen LogP contribution in [0.2, 0.25) is 0 Å². The van der Waals surface area contributed by atoms with Crippen molar-refractivity contribution in [3.63, 3.8) is 0 Å². The van der Waals surface area contributed by atoms with Gasteiger partial charge in [0.15, 0.2) is 0 Å². The molecule has 2 bridgehead atoms. The summed E-state index contributed by atoms with van der Waals surface area (Å²) in [7, 11) is 0. The number of aromatic nitrogens is 5. The number of hydrogen-bond acceptors (Lipinski definition) is 5. The Bertz CT molecular complexity index is 1840. The zero-order valence-corrected chi connectivity index (χ0v) is 26.3. The highest BCUT2D eigenvalue weighted by molar-refractivity contribution is 5.94. The standard InChI is InChI=1S/C37H40FN7O/c1-26-41-34-10-2-3-11-35(34)45(26)33-22-30-12-13-31(23-33)43(30)19-16-37(28-7-5-8-29(38)21-28)14-17-42(18-15-37)36(46)27-6-4-9-32(20-27)44-25-39-24-40-44/h2-11,20-21,24-25,30-31,33H,12-19,22-23H2,1H3/t30-,31+,33?.